The molecule has 7 nitrogen and oxygen atoms in total. The van der Waals surface area contributed by atoms with Crippen molar-refractivity contribution in [3.05, 3.63) is 64.7 Å². The smallest absolute Gasteiger partial charge is 0.242 e. The standard InChI is InChI=1S/C27H36ClN3O4S/c1-20-9-6-14-25(17-20)31(36(3,34)35)16-8-15-26(32)30(19-22-10-7-11-23(28)18-22)21(2)27(33)29-24-12-4-5-13-24/h6-7,9-11,14,17-18,21,24H,4-5,8,12-13,15-16,19H2,1-3H3,(H,29,33). The molecule has 1 fully saturated rings. The molecule has 1 unspecified atom stereocenters. The molecule has 0 heterocycles. The Morgan fingerprint density at radius 1 is 1.11 bits per heavy atom. The monoisotopic (exact) mass is 533 g/mol. The van der Waals surface area contributed by atoms with Crippen LogP contribution in [0.1, 0.15) is 56.6 Å². The summed E-state index contributed by atoms with van der Waals surface area (Å²) in [4.78, 5) is 28.0. The van der Waals surface area contributed by atoms with Crippen molar-refractivity contribution >= 4 is 39.1 Å². The second-order valence-corrected chi connectivity index (χ2v) is 11.9. The minimum atomic E-state index is -3.52. The van der Waals surface area contributed by atoms with Crippen LogP contribution in [0.2, 0.25) is 5.02 Å². The molecule has 0 bridgehead atoms. The van der Waals surface area contributed by atoms with Gasteiger partial charge in [-0.1, -0.05) is 48.7 Å². The summed E-state index contributed by atoms with van der Waals surface area (Å²) in [5.41, 5.74) is 2.35. The van der Waals surface area contributed by atoms with Crippen LogP contribution in [0.4, 0.5) is 5.69 Å². The predicted molar refractivity (Wildman–Crippen MR) is 144 cm³/mol. The number of amides is 2. The zero-order valence-corrected chi connectivity index (χ0v) is 22.8. The van der Waals surface area contributed by atoms with Crippen molar-refractivity contribution in [2.45, 2.75) is 71.0 Å². The molecular weight excluding hydrogens is 498 g/mol. The first kappa shape index (κ1) is 28.0. The Hall–Kier alpha value is -2.58. The average molecular weight is 534 g/mol. The van der Waals surface area contributed by atoms with Crippen LogP contribution in [0, 0.1) is 6.92 Å². The third kappa shape index (κ3) is 7.96. The fourth-order valence-electron chi connectivity index (χ4n) is 4.59. The highest BCUT2D eigenvalue weighted by Gasteiger charge is 2.28. The Morgan fingerprint density at radius 3 is 2.44 bits per heavy atom. The number of aryl methyl sites for hydroxylation is 1. The third-order valence-electron chi connectivity index (χ3n) is 6.55. The maximum Gasteiger partial charge on any atom is 0.242 e. The van der Waals surface area contributed by atoms with Crippen LogP contribution in [0.5, 0.6) is 0 Å². The highest BCUT2D eigenvalue weighted by molar-refractivity contribution is 7.92. The molecule has 1 aliphatic rings. The maximum atomic E-state index is 13.4. The van der Waals surface area contributed by atoms with Gasteiger partial charge in [-0.3, -0.25) is 13.9 Å². The molecule has 2 amide bonds. The van der Waals surface area contributed by atoms with E-state index in [1.165, 1.54) is 4.31 Å². The number of benzene rings is 2. The van der Waals surface area contributed by atoms with E-state index < -0.39 is 16.1 Å². The number of halogens is 1. The van der Waals surface area contributed by atoms with Crippen LogP contribution in [-0.2, 0) is 26.2 Å². The van der Waals surface area contributed by atoms with E-state index in [9.17, 15) is 18.0 Å². The molecular formula is C27H36ClN3O4S. The summed E-state index contributed by atoms with van der Waals surface area (Å²) in [5.74, 6) is -0.378. The third-order valence-corrected chi connectivity index (χ3v) is 7.98. The summed E-state index contributed by atoms with van der Waals surface area (Å²) in [7, 11) is -3.52. The van der Waals surface area contributed by atoms with E-state index in [-0.39, 0.29) is 37.4 Å². The van der Waals surface area contributed by atoms with E-state index in [0.29, 0.717) is 17.1 Å². The Balaban J connectivity index is 1.72. The summed E-state index contributed by atoms with van der Waals surface area (Å²) >= 11 is 6.15. The summed E-state index contributed by atoms with van der Waals surface area (Å²) in [6, 6.07) is 14.0. The van der Waals surface area contributed by atoms with E-state index in [4.69, 9.17) is 11.6 Å². The predicted octanol–water partition coefficient (Wildman–Crippen LogP) is 4.67. The molecule has 1 saturated carbocycles. The summed E-state index contributed by atoms with van der Waals surface area (Å²) in [5, 5.41) is 3.65. The number of nitrogens with zero attached hydrogens (tertiary/aromatic N) is 2. The second-order valence-electron chi connectivity index (χ2n) is 9.60. The lowest BCUT2D eigenvalue weighted by molar-refractivity contribution is -0.141. The Kier molecular flexibility index (Phi) is 9.79. The van der Waals surface area contributed by atoms with Crippen molar-refractivity contribution in [2.24, 2.45) is 0 Å². The van der Waals surface area contributed by atoms with Crippen molar-refractivity contribution in [1.82, 2.24) is 10.2 Å². The van der Waals surface area contributed by atoms with Crippen LogP contribution in [-0.4, -0.2) is 50.0 Å². The van der Waals surface area contributed by atoms with Crippen LogP contribution >= 0.6 is 11.6 Å². The first-order valence-electron chi connectivity index (χ1n) is 12.4. The molecule has 1 N–H and O–H groups in total. The number of carbonyl (C=O) groups is 2. The van der Waals surface area contributed by atoms with E-state index in [2.05, 4.69) is 5.32 Å². The van der Waals surface area contributed by atoms with Crippen LogP contribution in [0.3, 0.4) is 0 Å². The van der Waals surface area contributed by atoms with Gasteiger partial charge < -0.3 is 10.2 Å². The fourth-order valence-corrected chi connectivity index (χ4v) is 5.76. The van der Waals surface area contributed by atoms with E-state index >= 15 is 0 Å². The van der Waals surface area contributed by atoms with Gasteiger partial charge in [-0.05, 0) is 68.5 Å². The van der Waals surface area contributed by atoms with Gasteiger partial charge in [0.1, 0.15) is 6.04 Å². The molecule has 0 aliphatic heterocycles. The molecule has 3 rings (SSSR count). The molecule has 0 radical (unpaired) electrons. The van der Waals surface area contributed by atoms with Crippen molar-refractivity contribution in [3.8, 4) is 0 Å². The fraction of sp³-hybridized carbons (Fsp3) is 0.481. The molecule has 1 atom stereocenters. The zero-order chi connectivity index (χ0) is 26.3. The molecule has 36 heavy (non-hydrogen) atoms. The summed E-state index contributed by atoms with van der Waals surface area (Å²) in [6.07, 6.45) is 5.72. The molecule has 0 aromatic heterocycles. The quantitative estimate of drug-likeness (QED) is 0.454. The number of hydrogen-bond acceptors (Lipinski definition) is 4. The van der Waals surface area contributed by atoms with Gasteiger partial charge in [0, 0.05) is 30.6 Å². The topological polar surface area (TPSA) is 86.8 Å². The van der Waals surface area contributed by atoms with Gasteiger partial charge in [0.2, 0.25) is 21.8 Å². The average Bonchev–Trinajstić information content (AvgIpc) is 3.32. The Bertz CT molecular complexity index is 1170. The van der Waals surface area contributed by atoms with Crippen LogP contribution in [0.15, 0.2) is 48.5 Å². The van der Waals surface area contributed by atoms with Gasteiger partial charge in [-0.15, -0.1) is 0 Å². The van der Waals surface area contributed by atoms with Crippen molar-refractivity contribution in [1.29, 1.82) is 0 Å². The maximum absolute atomic E-state index is 13.4. The number of rotatable bonds is 11. The van der Waals surface area contributed by atoms with Crippen molar-refractivity contribution in [3.63, 3.8) is 0 Å². The normalized spacial score (nSPS) is 14.9. The Labute approximate surface area is 219 Å². The van der Waals surface area contributed by atoms with Gasteiger partial charge in [-0.25, -0.2) is 8.42 Å². The number of hydrogen-bond donors (Lipinski definition) is 1. The first-order chi connectivity index (χ1) is 17.0. The lowest BCUT2D eigenvalue weighted by Crippen LogP contribution is -2.49. The zero-order valence-electron chi connectivity index (χ0n) is 21.2. The molecule has 0 spiro atoms. The van der Waals surface area contributed by atoms with E-state index in [1.807, 2.05) is 37.3 Å². The SMILES string of the molecule is Cc1cccc(N(CCCC(=O)N(Cc2cccc(Cl)c2)C(C)C(=O)NC2CCCC2)S(C)(=O)=O)c1. The summed E-state index contributed by atoms with van der Waals surface area (Å²) in [6.45, 7) is 4.05. The molecule has 2 aromatic carbocycles. The molecule has 196 valence electrons. The van der Waals surface area contributed by atoms with Crippen molar-refractivity contribution in [2.75, 3.05) is 17.1 Å². The molecule has 0 saturated heterocycles. The van der Waals surface area contributed by atoms with E-state index in [1.54, 1.807) is 30.0 Å². The van der Waals surface area contributed by atoms with Crippen molar-refractivity contribution < 1.29 is 18.0 Å². The molecule has 2 aromatic rings. The number of nitrogens with one attached hydrogen (secondary N) is 1. The Morgan fingerprint density at radius 2 is 1.81 bits per heavy atom. The first-order valence-corrected chi connectivity index (χ1v) is 14.7. The number of anilines is 1. The van der Waals surface area contributed by atoms with Crippen LogP contribution in [0.25, 0.3) is 0 Å². The largest absolute Gasteiger partial charge is 0.352 e. The van der Waals surface area contributed by atoms with Gasteiger partial charge in [0.05, 0.1) is 11.9 Å². The number of carbonyl (C=O) groups excluding carboxylic acids is 2. The molecule has 1 aliphatic carbocycles. The van der Waals surface area contributed by atoms with Gasteiger partial charge >= 0.3 is 0 Å². The highest BCUT2D eigenvalue weighted by atomic mass is 35.5. The van der Waals surface area contributed by atoms with Crippen LogP contribution < -0.4 is 9.62 Å². The minimum absolute atomic E-state index is 0.111. The second kappa shape index (κ2) is 12.6. The number of sulfonamides is 1. The van der Waals surface area contributed by atoms with Gasteiger partial charge in [0.25, 0.3) is 0 Å². The van der Waals surface area contributed by atoms with E-state index in [0.717, 1.165) is 43.1 Å². The summed E-state index contributed by atoms with van der Waals surface area (Å²) < 4.78 is 26.2. The van der Waals surface area contributed by atoms with Gasteiger partial charge in [0.15, 0.2) is 0 Å². The minimum Gasteiger partial charge on any atom is -0.352 e. The lowest BCUT2D eigenvalue weighted by Gasteiger charge is -2.30. The highest BCUT2D eigenvalue weighted by Crippen LogP contribution is 2.22. The van der Waals surface area contributed by atoms with Gasteiger partial charge in [-0.2, -0.15) is 0 Å². The lowest BCUT2D eigenvalue weighted by atomic mass is 10.1. The molecule has 9 heteroatoms.